The van der Waals surface area contributed by atoms with Crippen molar-refractivity contribution in [1.82, 2.24) is 9.80 Å². The van der Waals surface area contributed by atoms with Crippen LogP contribution in [-0.2, 0) is 25.7 Å². The van der Waals surface area contributed by atoms with Crippen molar-refractivity contribution in [3.8, 4) is 46.0 Å². The summed E-state index contributed by atoms with van der Waals surface area (Å²) < 4.78 is 30.5. The Hall–Kier alpha value is -4.40. The number of phenolic OH excluding ortho intramolecular Hbond substituents is 1. The SMILES string of the molecule is COc1ccc2cc1Oc1ccc(cc1)CC1c3c(cc(OC)c(O)c3Oc3cc4c(cc3OC)CCN(C)[C@H]4C2)CCN1C. The van der Waals surface area contributed by atoms with Crippen molar-refractivity contribution < 1.29 is 28.8 Å². The maximum absolute atomic E-state index is 11.6. The number of hydrogen-bond donors (Lipinski definition) is 1. The zero-order valence-electron chi connectivity index (χ0n) is 26.6. The summed E-state index contributed by atoms with van der Waals surface area (Å²) in [6, 6.07) is 20.6. The molecule has 4 heterocycles. The average Bonchev–Trinajstić information content (AvgIpc) is 3.05. The summed E-state index contributed by atoms with van der Waals surface area (Å²) in [7, 11) is 9.21. The van der Waals surface area contributed by atoms with Crippen molar-refractivity contribution in [2.24, 2.45) is 0 Å². The summed E-state index contributed by atoms with van der Waals surface area (Å²) in [6.07, 6.45) is 3.20. The van der Waals surface area contributed by atoms with E-state index in [1.54, 1.807) is 21.3 Å². The fourth-order valence-corrected chi connectivity index (χ4v) is 7.10. The molecule has 0 fully saturated rings. The minimum atomic E-state index is -0.0366. The molecule has 8 heteroatoms. The van der Waals surface area contributed by atoms with E-state index in [1.807, 2.05) is 24.3 Å². The standard InChI is InChI=1S/C37H40N2O6/c1-38-14-12-24-19-31(42-4)33-21-27(24)28(38)17-23-8-11-30(41-3)32(18-23)44-26-9-6-22(7-10-26)16-29-35-25(13-15-39(29)2)20-34(43-5)36(40)37(35)45-33/h6-11,18-21,28-29,40H,12-17H2,1-5H3/t28-,29?/m0/s1. The monoisotopic (exact) mass is 608 g/mol. The van der Waals surface area contributed by atoms with E-state index in [-0.39, 0.29) is 17.8 Å². The van der Waals surface area contributed by atoms with Crippen molar-refractivity contribution in [3.05, 3.63) is 94.0 Å². The number of benzene rings is 4. The van der Waals surface area contributed by atoms with E-state index < -0.39 is 0 Å². The van der Waals surface area contributed by atoms with Gasteiger partial charge in [0.05, 0.1) is 21.3 Å². The normalized spacial score (nSPS) is 19.4. The van der Waals surface area contributed by atoms with Gasteiger partial charge in [-0.2, -0.15) is 0 Å². The minimum Gasteiger partial charge on any atom is -0.502 e. The van der Waals surface area contributed by atoms with E-state index in [4.69, 9.17) is 23.7 Å². The van der Waals surface area contributed by atoms with Crippen LogP contribution >= 0.6 is 0 Å². The second-order valence-corrected chi connectivity index (χ2v) is 12.3. The predicted octanol–water partition coefficient (Wildman–Crippen LogP) is 6.86. The first-order valence-electron chi connectivity index (χ1n) is 15.5. The quantitative estimate of drug-likeness (QED) is 0.271. The molecular weight excluding hydrogens is 568 g/mol. The molecule has 8 nitrogen and oxygen atoms in total. The summed E-state index contributed by atoms with van der Waals surface area (Å²) in [5, 5.41) is 11.6. The summed E-state index contributed by atoms with van der Waals surface area (Å²) in [6.45, 7) is 1.80. The van der Waals surface area contributed by atoms with Crippen molar-refractivity contribution in [2.45, 2.75) is 37.8 Å². The second-order valence-electron chi connectivity index (χ2n) is 12.3. The number of likely N-dealkylation sites (N-methyl/N-ethyl adjacent to an activating group) is 2. The van der Waals surface area contributed by atoms with Gasteiger partial charge in [0.2, 0.25) is 5.75 Å². The Bertz CT molecular complexity index is 1740. The highest BCUT2D eigenvalue weighted by molar-refractivity contribution is 5.63. The van der Waals surface area contributed by atoms with Crippen LogP contribution in [0.5, 0.6) is 46.0 Å². The van der Waals surface area contributed by atoms with Gasteiger partial charge in [-0.25, -0.2) is 0 Å². The molecule has 45 heavy (non-hydrogen) atoms. The van der Waals surface area contributed by atoms with Gasteiger partial charge in [0.1, 0.15) is 5.75 Å². The maximum atomic E-state index is 11.6. The smallest absolute Gasteiger partial charge is 0.201 e. The topological polar surface area (TPSA) is 72.9 Å². The number of phenols is 1. The molecule has 6 bridgehead atoms. The highest BCUT2D eigenvalue weighted by atomic mass is 16.5. The molecular formula is C37H40N2O6. The zero-order valence-corrected chi connectivity index (χ0v) is 26.6. The van der Waals surface area contributed by atoms with Crippen LogP contribution in [0.1, 0.15) is 45.5 Å². The molecule has 0 saturated heterocycles. The van der Waals surface area contributed by atoms with Gasteiger partial charge in [0, 0.05) is 30.7 Å². The molecule has 234 valence electrons. The van der Waals surface area contributed by atoms with E-state index >= 15 is 0 Å². The van der Waals surface area contributed by atoms with Crippen LogP contribution in [-0.4, -0.2) is 63.4 Å². The molecule has 0 amide bonds. The number of ether oxygens (including phenoxy) is 5. The Morgan fingerprint density at radius 1 is 0.667 bits per heavy atom. The number of aromatic hydroxyl groups is 1. The van der Waals surface area contributed by atoms with Crippen LogP contribution in [0.25, 0.3) is 0 Å². The minimum absolute atomic E-state index is 0.00564. The molecule has 4 aliphatic heterocycles. The summed E-state index contributed by atoms with van der Waals surface area (Å²) in [5.41, 5.74) is 6.77. The third-order valence-electron chi connectivity index (χ3n) is 9.66. The molecule has 8 rings (SSSR count). The Morgan fingerprint density at radius 2 is 1.29 bits per heavy atom. The molecule has 0 saturated carbocycles. The molecule has 1 unspecified atom stereocenters. The van der Waals surface area contributed by atoms with Crippen LogP contribution < -0.4 is 23.7 Å². The molecule has 0 radical (unpaired) electrons. The van der Waals surface area contributed by atoms with Gasteiger partial charge in [-0.15, -0.1) is 0 Å². The molecule has 2 atom stereocenters. The van der Waals surface area contributed by atoms with Gasteiger partial charge in [0.15, 0.2) is 34.5 Å². The van der Waals surface area contributed by atoms with Crippen molar-refractivity contribution in [1.29, 1.82) is 0 Å². The first-order chi connectivity index (χ1) is 21.9. The van der Waals surface area contributed by atoms with Crippen LogP contribution in [0.3, 0.4) is 0 Å². The highest BCUT2D eigenvalue weighted by Gasteiger charge is 2.34. The third kappa shape index (κ3) is 5.32. The van der Waals surface area contributed by atoms with Crippen LogP contribution in [0.2, 0.25) is 0 Å². The van der Waals surface area contributed by atoms with Gasteiger partial charge < -0.3 is 28.8 Å². The van der Waals surface area contributed by atoms with Crippen molar-refractivity contribution in [3.63, 3.8) is 0 Å². The maximum Gasteiger partial charge on any atom is 0.201 e. The second kappa shape index (κ2) is 11.8. The van der Waals surface area contributed by atoms with Gasteiger partial charge >= 0.3 is 0 Å². The number of rotatable bonds is 3. The Balaban J connectivity index is 1.45. The number of nitrogens with zero attached hydrogens (tertiary/aromatic N) is 2. The van der Waals surface area contributed by atoms with Crippen molar-refractivity contribution >= 4 is 0 Å². The molecule has 0 spiro atoms. The number of methoxy groups -OCH3 is 3. The highest BCUT2D eigenvalue weighted by Crippen LogP contribution is 2.51. The van der Waals surface area contributed by atoms with E-state index in [1.165, 1.54) is 11.1 Å². The number of fused-ring (bicyclic) bond motifs is 2. The molecule has 1 N–H and O–H groups in total. The van der Waals surface area contributed by atoms with Crippen LogP contribution in [0, 0.1) is 0 Å². The van der Waals surface area contributed by atoms with Gasteiger partial charge in [-0.05, 0) is 110 Å². The lowest BCUT2D eigenvalue weighted by atomic mass is 9.87. The largest absolute Gasteiger partial charge is 0.502 e. The first kappa shape index (κ1) is 29.3. The molecule has 0 aromatic heterocycles. The fourth-order valence-electron chi connectivity index (χ4n) is 7.10. The first-order valence-corrected chi connectivity index (χ1v) is 15.5. The summed E-state index contributed by atoms with van der Waals surface area (Å²) >= 11 is 0. The zero-order chi connectivity index (χ0) is 31.2. The van der Waals surface area contributed by atoms with E-state index in [2.05, 4.69) is 60.3 Å². The van der Waals surface area contributed by atoms with Gasteiger partial charge in [-0.1, -0.05) is 18.2 Å². The molecule has 4 aromatic carbocycles. The third-order valence-corrected chi connectivity index (χ3v) is 9.66. The summed E-state index contributed by atoms with van der Waals surface area (Å²) in [5.74, 6) is 4.15. The lowest BCUT2D eigenvalue weighted by Crippen LogP contribution is -2.34. The predicted molar refractivity (Wildman–Crippen MR) is 173 cm³/mol. The van der Waals surface area contributed by atoms with E-state index in [9.17, 15) is 5.11 Å². The Labute approximate surface area is 264 Å². The Kier molecular flexibility index (Phi) is 7.71. The fraction of sp³-hybridized carbons (Fsp3) is 0.351. The lowest BCUT2D eigenvalue weighted by Gasteiger charge is -2.37. The number of hydrogen-bond acceptors (Lipinski definition) is 8. The van der Waals surface area contributed by atoms with Gasteiger partial charge in [0.25, 0.3) is 0 Å². The summed E-state index contributed by atoms with van der Waals surface area (Å²) in [4.78, 5) is 4.71. The van der Waals surface area contributed by atoms with Crippen LogP contribution in [0.15, 0.2) is 60.7 Å². The lowest BCUT2D eigenvalue weighted by molar-refractivity contribution is 0.220. The average molecular weight is 609 g/mol. The molecule has 4 aliphatic rings. The van der Waals surface area contributed by atoms with Gasteiger partial charge in [-0.3, -0.25) is 9.80 Å². The van der Waals surface area contributed by atoms with E-state index in [0.717, 1.165) is 66.8 Å². The van der Waals surface area contributed by atoms with Crippen molar-refractivity contribution in [2.75, 3.05) is 48.5 Å². The molecule has 4 aromatic rings. The van der Waals surface area contributed by atoms with Crippen LogP contribution in [0.4, 0.5) is 0 Å². The molecule has 0 aliphatic carbocycles. The van der Waals surface area contributed by atoms with E-state index in [0.29, 0.717) is 34.5 Å². The Morgan fingerprint density at radius 3 is 2.02 bits per heavy atom.